The number of amides is 1. The predicted octanol–water partition coefficient (Wildman–Crippen LogP) is 4.41. The Bertz CT molecular complexity index is 1530. The van der Waals surface area contributed by atoms with Gasteiger partial charge in [0.15, 0.2) is 5.65 Å². The van der Waals surface area contributed by atoms with Crippen molar-refractivity contribution in [1.82, 2.24) is 19.9 Å². The number of hydrogen-bond donors (Lipinski definition) is 1. The largest absolute Gasteiger partial charge is 0.490 e. The number of nitrogens with zero attached hydrogens (tertiary/aromatic N) is 5. The van der Waals surface area contributed by atoms with Gasteiger partial charge in [-0.3, -0.25) is 4.79 Å². The minimum atomic E-state index is -0.238. The summed E-state index contributed by atoms with van der Waals surface area (Å²) in [5.41, 5.74) is 3.58. The highest BCUT2D eigenvalue weighted by atomic mass is 19.1. The van der Waals surface area contributed by atoms with Crippen LogP contribution in [0.15, 0.2) is 60.8 Å². The van der Waals surface area contributed by atoms with Crippen LogP contribution in [-0.4, -0.2) is 39.7 Å². The fourth-order valence-corrected chi connectivity index (χ4v) is 5.21. The van der Waals surface area contributed by atoms with Gasteiger partial charge >= 0.3 is 0 Å². The van der Waals surface area contributed by atoms with Gasteiger partial charge in [-0.25, -0.2) is 13.9 Å². The van der Waals surface area contributed by atoms with Crippen LogP contribution in [-0.2, 0) is 4.79 Å². The van der Waals surface area contributed by atoms with Crippen molar-refractivity contribution in [2.75, 3.05) is 18.1 Å². The molecule has 9 heteroatoms. The first-order chi connectivity index (χ1) is 18.1. The highest BCUT2D eigenvalue weighted by Crippen LogP contribution is 2.36. The van der Waals surface area contributed by atoms with Crippen LogP contribution in [0.25, 0.3) is 16.9 Å². The first-order valence-corrected chi connectivity index (χ1v) is 12.4. The van der Waals surface area contributed by atoms with E-state index in [0.717, 1.165) is 48.4 Å². The van der Waals surface area contributed by atoms with E-state index < -0.39 is 0 Å². The molecule has 2 aromatic heterocycles. The summed E-state index contributed by atoms with van der Waals surface area (Å²) >= 11 is 0. The van der Waals surface area contributed by atoms with Gasteiger partial charge in [0.25, 0.3) is 0 Å². The number of nitrogens with one attached hydrogen (secondary N) is 1. The van der Waals surface area contributed by atoms with Gasteiger partial charge in [-0.2, -0.15) is 5.26 Å². The monoisotopic (exact) mass is 496 g/mol. The fraction of sp³-hybridized carbons (Fsp3) is 0.286. The van der Waals surface area contributed by atoms with Gasteiger partial charge in [0.05, 0.1) is 29.5 Å². The van der Waals surface area contributed by atoms with E-state index >= 15 is 0 Å². The van der Waals surface area contributed by atoms with E-state index in [0.29, 0.717) is 30.0 Å². The molecule has 2 unspecified atom stereocenters. The summed E-state index contributed by atoms with van der Waals surface area (Å²) in [6.07, 6.45) is 4.89. The molecule has 37 heavy (non-hydrogen) atoms. The first kappa shape index (κ1) is 23.0. The topological polar surface area (TPSA) is 95.6 Å². The molecule has 0 radical (unpaired) electrons. The number of halogens is 1. The molecular weight excluding hydrogens is 471 g/mol. The lowest BCUT2D eigenvalue weighted by molar-refractivity contribution is -0.119. The maximum atomic E-state index is 13.9. The number of hydrogen-bond acceptors (Lipinski definition) is 6. The Hall–Kier alpha value is -4.45. The Morgan fingerprint density at radius 2 is 2.08 bits per heavy atom. The molecule has 2 aromatic carbocycles. The van der Waals surface area contributed by atoms with E-state index in [1.165, 1.54) is 6.07 Å². The van der Waals surface area contributed by atoms with Crippen molar-refractivity contribution in [3.05, 3.63) is 77.7 Å². The van der Waals surface area contributed by atoms with E-state index in [9.17, 15) is 14.4 Å². The predicted molar refractivity (Wildman–Crippen MR) is 136 cm³/mol. The minimum Gasteiger partial charge on any atom is -0.490 e. The van der Waals surface area contributed by atoms with Crippen molar-refractivity contribution in [3.63, 3.8) is 0 Å². The highest BCUT2D eigenvalue weighted by Gasteiger charge is 2.28. The van der Waals surface area contributed by atoms with Crippen LogP contribution in [0.4, 0.5) is 10.2 Å². The molecule has 2 aliphatic heterocycles. The Balaban J connectivity index is 1.29. The smallest absolute Gasteiger partial charge is 0.220 e. The van der Waals surface area contributed by atoms with Crippen LogP contribution in [0.1, 0.15) is 42.9 Å². The van der Waals surface area contributed by atoms with Crippen LogP contribution in [0.2, 0.25) is 0 Å². The zero-order chi connectivity index (χ0) is 25.4. The summed E-state index contributed by atoms with van der Waals surface area (Å²) in [4.78, 5) is 18.1. The van der Waals surface area contributed by atoms with Crippen LogP contribution in [0, 0.1) is 17.1 Å². The molecule has 0 bridgehead atoms. The number of fused-ring (bicyclic) bond motifs is 1. The number of imidazole rings is 1. The Morgan fingerprint density at radius 3 is 2.89 bits per heavy atom. The number of carbonyl (C=O) groups excluding carboxylic acids is 1. The van der Waals surface area contributed by atoms with Gasteiger partial charge in [-0.1, -0.05) is 12.1 Å². The van der Waals surface area contributed by atoms with E-state index in [4.69, 9.17) is 9.84 Å². The van der Waals surface area contributed by atoms with Gasteiger partial charge < -0.3 is 15.0 Å². The maximum Gasteiger partial charge on any atom is 0.220 e. The molecule has 4 aromatic rings. The Labute approximate surface area is 213 Å². The van der Waals surface area contributed by atoms with Crippen molar-refractivity contribution >= 4 is 17.4 Å². The molecular formula is C28H25FN6O2. The van der Waals surface area contributed by atoms with Gasteiger partial charge in [0.2, 0.25) is 5.91 Å². The number of aromatic nitrogens is 3. The summed E-state index contributed by atoms with van der Waals surface area (Å²) < 4.78 is 21.5. The normalized spacial score (nSPS) is 19.2. The number of rotatable bonds is 6. The molecule has 8 nitrogen and oxygen atoms in total. The SMILES string of the molecule is N#Cc1cc(-c2cnc3ccc(N4CCCC4c4cccc(F)c4)nn23)ccc1OCC1CCC(=O)N1. The molecule has 0 aliphatic carbocycles. The molecule has 1 amide bonds. The van der Waals surface area contributed by atoms with Gasteiger partial charge in [-0.05, 0) is 67.3 Å². The summed E-state index contributed by atoms with van der Waals surface area (Å²) in [5, 5.41) is 17.5. The minimum absolute atomic E-state index is 0.0279. The lowest BCUT2D eigenvalue weighted by atomic mass is 10.0. The van der Waals surface area contributed by atoms with Crippen molar-refractivity contribution in [2.24, 2.45) is 0 Å². The average molecular weight is 497 g/mol. The van der Waals surface area contributed by atoms with E-state index in [1.807, 2.05) is 24.3 Å². The van der Waals surface area contributed by atoms with E-state index in [1.54, 1.807) is 35.0 Å². The lowest BCUT2D eigenvalue weighted by Gasteiger charge is -2.26. The molecule has 1 N–H and O–H groups in total. The van der Waals surface area contributed by atoms with Crippen LogP contribution in [0.5, 0.6) is 5.75 Å². The van der Waals surface area contributed by atoms with Crippen molar-refractivity contribution in [2.45, 2.75) is 37.8 Å². The van der Waals surface area contributed by atoms with E-state index in [-0.39, 0.29) is 23.8 Å². The number of ether oxygens (including phenoxy) is 1. The molecule has 0 saturated carbocycles. The Kier molecular flexibility index (Phi) is 5.93. The van der Waals surface area contributed by atoms with Crippen LogP contribution in [0.3, 0.4) is 0 Å². The molecule has 186 valence electrons. The third-order valence-electron chi connectivity index (χ3n) is 7.05. The van der Waals surface area contributed by atoms with Crippen LogP contribution < -0.4 is 15.0 Å². The van der Waals surface area contributed by atoms with Gasteiger partial charge in [0, 0.05) is 18.5 Å². The Morgan fingerprint density at radius 1 is 1.16 bits per heavy atom. The number of carbonyl (C=O) groups is 1. The summed E-state index contributed by atoms with van der Waals surface area (Å²) in [7, 11) is 0. The zero-order valence-electron chi connectivity index (χ0n) is 20.1. The molecule has 2 atom stereocenters. The standard InChI is InChI=1S/C28H25FN6O2/c29-21-4-1-3-18(14-21)23-5-2-12-34(23)27-10-9-26-31-16-24(35(26)33-27)19-6-8-25(20(13-19)15-30)37-17-22-7-11-28(36)32-22/h1,3-4,6,8-10,13-14,16,22-23H,2,5,7,11-12,17H2,(H,32,36). The highest BCUT2D eigenvalue weighted by molar-refractivity contribution is 5.78. The maximum absolute atomic E-state index is 13.9. The summed E-state index contributed by atoms with van der Waals surface area (Å²) in [6.45, 7) is 1.15. The van der Waals surface area contributed by atoms with E-state index in [2.05, 4.69) is 21.3 Å². The molecule has 2 saturated heterocycles. The second kappa shape index (κ2) is 9.54. The second-order valence-electron chi connectivity index (χ2n) is 9.45. The molecule has 6 rings (SSSR count). The number of benzene rings is 2. The molecule has 4 heterocycles. The number of anilines is 1. The third-order valence-corrected chi connectivity index (χ3v) is 7.05. The quantitative estimate of drug-likeness (QED) is 0.425. The summed E-state index contributed by atoms with van der Waals surface area (Å²) in [6, 6.07) is 18.3. The molecule has 2 aliphatic rings. The van der Waals surface area contributed by atoms with Crippen LogP contribution >= 0.6 is 0 Å². The van der Waals surface area contributed by atoms with Gasteiger partial charge in [0.1, 0.15) is 30.1 Å². The second-order valence-corrected chi connectivity index (χ2v) is 9.45. The van der Waals surface area contributed by atoms with Crippen molar-refractivity contribution < 1.29 is 13.9 Å². The first-order valence-electron chi connectivity index (χ1n) is 12.4. The molecule has 0 spiro atoms. The average Bonchev–Trinajstić information content (AvgIpc) is 3.66. The van der Waals surface area contributed by atoms with Gasteiger partial charge in [-0.15, -0.1) is 5.10 Å². The molecule has 2 fully saturated rings. The van der Waals surface area contributed by atoms with Crippen molar-refractivity contribution in [3.8, 4) is 23.1 Å². The fourth-order valence-electron chi connectivity index (χ4n) is 5.21. The lowest BCUT2D eigenvalue weighted by Crippen LogP contribution is -2.30. The third kappa shape index (κ3) is 4.47. The van der Waals surface area contributed by atoms with Crippen molar-refractivity contribution in [1.29, 1.82) is 5.26 Å². The number of nitriles is 1. The summed E-state index contributed by atoms with van der Waals surface area (Å²) in [5.74, 6) is 1.06. The zero-order valence-corrected chi connectivity index (χ0v) is 20.1.